The first-order chi connectivity index (χ1) is 15.0. The third-order valence-corrected chi connectivity index (χ3v) is 6.35. The predicted octanol–water partition coefficient (Wildman–Crippen LogP) is 4.11. The summed E-state index contributed by atoms with van der Waals surface area (Å²) in [5.74, 6) is 0.496. The summed E-state index contributed by atoms with van der Waals surface area (Å²) in [5, 5.41) is 4.34. The van der Waals surface area contributed by atoms with E-state index in [1.165, 1.54) is 11.3 Å². The second-order valence-electron chi connectivity index (χ2n) is 6.77. The summed E-state index contributed by atoms with van der Waals surface area (Å²) in [4.78, 5) is 43.9. The zero-order chi connectivity index (χ0) is 21.8. The summed E-state index contributed by atoms with van der Waals surface area (Å²) in [5.41, 5.74) is 1.42. The fraction of sp³-hybridized carbons (Fsp3) is 0.182. The third kappa shape index (κ3) is 4.95. The van der Waals surface area contributed by atoms with E-state index < -0.39 is 0 Å². The molecule has 0 atom stereocenters. The van der Waals surface area contributed by atoms with Crippen LogP contribution in [0.2, 0.25) is 0 Å². The Labute approximate surface area is 187 Å². The number of benzene rings is 1. The molecule has 1 aromatic carbocycles. The van der Waals surface area contributed by atoms with Gasteiger partial charge in [0.2, 0.25) is 11.8 Å². The van der Waals surface area contributed by atoms with Gasteiger partial charge in [0.05, 0.1) is 21.9 Å². The number of imide groups is 1. The van der Waals surface area contributed by atoms with Gasteiger partial charge in [-0.05, 0) is 41.8 Å². The number of aromatic nitrogens is 1. The summed E-state index contributed by atoms with van der Waals surface area (Å²) in [7, 11) is 0. The van der Waals surface area contributed by atoms with Crippen LogP contribution in [0.25, 0.3) is 16.8 Å². The van der Waals surface area contributed by atoms with Crippen molar-refractivity contribution in [3.05, 3.63) is 69.8 Å². The Balaban J connectivity index is 1.30. The molecular formula is C22H19N3O4S2. The topological polar surface area (TPSA) is 92.5 Å². The smallest absolute Gasteiger partial charge is 0.293 e. The molecule has 9 heteroatoms. The van der Waals surface area contributed by atoms with Crippen LogP contribution in [-0.4, -0.2) is 40.0 Å². The Bertz CT molecular complexity index is 1140. The molecule has 0 bridgehead atoms. The number of hydrogen-bond acceptors (Lipinski definition) is 7. The number of amides is 3. The van der Waals surface area contributed by atoms with Crippen molar-refractivity contribution in [3.8, 4) is 10.8 Å². The average Bonchev–Trinajstić information content (AvgIpc) is 3.46. The van der Waals surface area contributed by atoms with Crippen LogP contribution in [0.5, 0.6) is 0 Å². The Hall–Kier alpha value is -3.17. The summed E-state index contributed by atoms with van der Waals surface area (Å²) in [6, 6.07) is 13.2. The summed E-state index contributed by atoms with van der Waals surface area (Å²) in [6.07, 6.45) is 1.76. The molecule has 7 nitrogen and oxygen atoms in total. The maximum Gasteiger partial charge on any atom is 0.293 e. The summed E-state index contributed by atoms with van der Waals surface area (Å²) < 4.78 is 5.65. The molecule has 4 rings (SSSR count). The quantitative estimate of drug-likeness (QED) is 0.542. The Morgan fingerprint density at radius 1 is 1.19 bits per heavy atom. The van der Waals surface area contributed by atoms with Crippen molar-refractivity contribution in [1.29, 1.82) is 0 Å². The number of thiophene rings is 1. The number of oxazole rings is 1. The highest BCUT2D eigenvalue weighted by Crippen LogP contribution is 2.31. The van der Waals surface area contributed by atoms with E-state index in [0.29, 0.717) is 22.3 Å². The molecule has 2 aromatic heterocycles. The average molecular weight is 454 g/mol. The predicted molar refractivity (Wildman–Crippen MR) is 120 cm³/mol. The maximum absolute atomic E-state index is 12.5. The molecule has 3 amide bonds. The van der Waals surface area contributed by atoms with E-state index >= 15 is 0 Å². The molecule has 0 spiro atoms. The molecule has 3 aromatic rings. The number of nitrogens with one attached hydrogen (secondary N) is 1. The lowest BCUT2D eigenvalue weighted by Gasteiger charge is -2.12. The maximum atomic E-state index is 12.5. The number of rotatable bonds is 7. The second-order valence-corrected chi connectivity index (χ2v) is 8.71. The van der Waals surface area contributed by atoms with Crippen LogP contribution < -0.4 is 5.32 Å². The SMILES string of the molecule is Cc1oc(-c2cccs2)nc1CC(=O)NCCN1C(=O)S/C(=C/c2ccccc2)C1=O. The van der Waals surface area contributed by atoms with Crippen LogP contribution in [0.4, 0.5) is 4.79 Å². The number of hydrogen-bond donors (Lipinski definition) is 1. The fourth-order valence-electron chi connectivity index (χ4n) is 3.01. The third-order valence-electron chi connectivity index (χ3n) is 4.58. The van der Waals surface area contributed by atoms with Crippen molar-refractivity contribution in [2.75, 3.05) is 13.1 Å². The molecule has 0 saturated carbocycles. The van der Waals surface area contributed by atoms with E-state index in [-0.39, 0.29) is 36.6 Å². The van der Waals surface area contributed by atoms with Gasteiger partial charge in [0.25, 0.3) is 11.1 Å². The highest BCUT2D eigenvalue weighted by atomic mass is 32.2. The molecule has 1 aliphatic rings. The minimum absolute atomic E-state index is 0.0660. The Kier molecular flexibility index (Phi) is 6.34. The highest BCUT2D eigenvalue weighted by molar-refractivity contribution is 8.18. The Morgan fingerprint density at radius 2 is 2.00 bits per heavy atom. The lowest BCUT2D eigenvalue weighted by molar-refractivity contribution is -0.124. The van der Waals surface area contributed by atoms with E-state index in [9.17, 15) is 14.4 Å². The zero-order valence-corrected chi connectivity index (χ0v) is 18.3. The van der Waals surface area contributed by atoms with Gasteiger partial charge in [-0.1, -0.05) is 36.4 Å². The van der Waals surface area contributed by atoms with E-state index in [0.717, 1.165) is 27.1 Å². The van der Waals surface area contributed by atoms with Crippen LogP contribution in [0.3, 0.4) is 0 Å². The standard InChI is InChI=1S/C22H19N3O4S2/c1-14-16(24-20(29-14)17-8-5-11-30-17)13-19(26)23-9-10-25-21(27)18(31-22(25)28)12-15-6-3-2-4-7-15/h2-8,11-12H,9-10,13H2,1H3,(H,23,26)/b18-12+. The first-order valence-corrected chi connectivity index (χ1v) is 11.3. The number of thioether (sulfide) groups is 1. The van der Waals surface area contributed by atoms with Gasteiger partial charge >= 0.3 is 0 Å². The van der Waals surface area contributed by atoms with E-state index in [4.69, 9.17) is 4.42 Å². The van der Waals surface area contributed by atoms with Gasteiger partial charge in [-0.2, -0.15) is 0 Å². The number of carbonyl (C=O) groups excluding carboxylic acids is 3. The van der Waals surface area contributed by atoms with Crippen molar-refractivity contribution in [1.82, 2.24) is 15.2 Å². The molecule has 1 saturated heterocycles. The molecule has 1 N–H and O–H groups in total. The molecule has 1 aliphatic heterocycles. The van der Waals surface area contributed by atoms with Crippen molar-refractivity contribution in [2.45, 2.75) is 13.3 Å². The molecule has 158 valence electrons. The first kappa shape index (κ1) is 21.1. The summed E-state index contributed by atoms with van der Waals surface area (Å²) >= 11 is 2.42. The normalized spacial score (nSPS) is 15.1. The molecular weight excluding hydrogens is 434 g/mol. The molecule has 3 heterocycles. The minimum atomic E-state index is -0.346. The summed E-state index contributed by atoms with van der Waals surface area (Å²) in [6.45, 7) is 2.05. The minimum Gasteiger partial charge on any atom is -0.440 e. The van der Waals surface area contributed by atoms with E-state index in [1.54, 1.807) is 13.0 Å². The van der Waals surface area contributed by atoms with Crippen LogP contribution in [-0.2, 0) is 16.0 Å². The first-order valence-electron chi connectivity index (χ1n) is 9.58. The molecule has 1 fully saturated rings. The zero-order valence-electron chi connectivity index (χ0n) is 16.7. The van der Waals surface area contributed by atoms with Crippen molar-refractivity contribution < 1.29 is 18.8 Å². The second kappa shape index (κ2) is 9.32. The molecule has 0 radical (unpaired) electrons. The fourth-order valence-corrected chi connectivity index (χ4v) is 4.53. The number of aryl methyl sites for hydroxylation is 1. The number of carbonyl (C=O) groups is 3. The number of nitrogens with zero attached hydrogens (tertiary/aromatic N) is 2. The van der Waals surface area contributed by atoms with E-state index in [1.807, 2.05) is 47.8 Å². The van der Waals surface area contributed by atoms with E-state index in [2.05, 4.69) is 10.3 Å². The molecule has 0 aliphatic carbocycles. The highest BCUT2D eigenvalue weighted by Gasteiger charge is 2.34. The molecule has 0 unspecified atom stereocenters. The van der Waals surface area contributed by atoms with Crippen LogP contribution in [0.15, 0.2) is 57.2 Å². The molecule has 31 heavy (non-hydrogen) atoms. The van der Waals surface area contributed by atoms with Gasteiger partial charge in [-0.25, -0.2) is 4.98 Å². The van der Waals surface area contributed by atoms with Crippen LogP contribution in [0, 0.1) is 6.92 Å². The van der Waals surface area contributed by atoms with Gasteiger partial charge in [0.1, 0.15) is 5.76 Å². The van der Waals surface area contributed by atoms with Gasteiger partial charge in [0, 0.05) is 13.1 Å². The van der Waals surface area contributed by atoms with Crippen LogP contribution in [0.1, 0.15) is 17.0 Å². The van der Waals surface area contributed by atoms with Crippen LogP contribution >= 0.6 is 23.1 Å². The van der Waals surface area contributed by atoms with Crippen molar-refractivity contribution >= 4 is 46.2 Å². The van der Waals surface area contributed by atoms with Gasteiger partial charge in [-0.15, -0.1) is 11.3 Å². The van der Waals surface area contributed by atoms with Crippen molar-refractivity contribution in [2.24, 2.45) is 0 Å². The van der Waals surface area contributed by atoms with Crippen molar-refractivity contribution in [3.63, 3.8) is 0 Å². The monoisotopic (exact) mass is 453 g/mol. The lowest BCUT2D eigenvalue weighted by Crippen LogP contribution is -2.37. The van der Waals surface area contributed by atoms with Gasteiger partial charge in [0.15, 0.2) is 0 Å². The van der Waals surface area contributed by atoms with Gasteiger partial charge < -0.3 is 9.73 Å². The lowest BCUT2D eigenvalue weighted by atomic mass is 10.2. The van der Waals surface area contributed by atoms with Gasteiger partial charge in [-0.3, -0.25) is 19.3 Å². The largest absolute Gasteiger partial charge is 0.440 e. The Morgan fingerprint density at radius 3 is 2.74 bits per heavy atom.